The maximum atomic E-state index is 12.4. The van der Waals surface area contributed by atoms with Gasteiger partial charge in [0, 0.05) is 0 Å². The van der Waals surface area contributed by atoms with Crippen molar-refractivity contribution in [2.75, 3.05) is 0 Å². The molecule has 11 heavy (non-hydrogen) atoms. The molecule has 0 aliphatic rings. The smallest absolute Gasteiger partial charge is 0.213 e. The zero-order valence-corrected chi connectivity index (χ0v) is 6.47. The molecular formula is C6H7FN2OS. The zero-order valence-electron chi connectivity index (χ0n) is 5.66. The van der Waals surface area contributed by atoms with Gasteiger partial charge in [0.05, 0.1) is 9.71 Å². The van der Waals surface area contributed by atoms with E-state index in [1.165, 1.54) is 12.1 Å². The van der Waals surface area contributed by atoms with E-state index in [1.807, 2.05) is 0 Å². The number of hydrogen-bond acceptors (Lipinski definition) is 2. The average molecular weight is 174 g/mol. The Morgan fingerprint density at radius 1 is 1.64 bits per heavy atom. The third kappa shape index (κ3) is 1.99. The minimum atomic E-state index is -2.88. The highest BCUT2D eigenvalue weighted by atomic mass is 32.2. The molecule has 0 aromatic carbocycles. The quantitative estimate of drug-likeness (QED) is 0.487. The van der Waals surface area contributed by atoms with Crippen LogP contribution in [0.2, 0.25) is 0 Å². The molecule has 1 aromatic rings. The molecule has 1 heterocycles. The molecule has 2 N–H and O–H groups in total. The van der Waals surface area contributed by atoms with Crippen molar-refractivity contribution < 1.29 is 8.60 Å². The third-order valence-electron chi connectivity index (χ3n) is 1.04. The SMILES string of the molecule is C=S(N)(=O)c1cccc(F)n1. The molecule has 0 aliphatic heterocycles. The van der Waals surface area contributed by atoms with E-state index in [1.54, 1.807) is 0 Å². The second-order valence-corrected chi connectivity index (χ2v) is 3.90. The van der Waals surface area contributed by atoms with Crippen LogP contribution in [0.15, 0.2) is 23.2 Å². The number of halogens is 1. The number of nitrogens with zero attached hydrogens (tertiary/aromatic N) is 1. The molecule has 0 aliphatic carbocycles. The number of hydrogen-bond donors (Lipinski definition) is 1. The molecule has 0 radical (unpaired) electrons. The van der Waals surface area contributed by atoms with Gasteiger partial charge in [-0.05, 0) is 18.0 Å². The lowest BCUT2D eigenvalue weighted by Crippen LogP contribution is -2.13. The third-order valence-corrected chi connectivity index (χ3v) is 1.98. The molecular weight excluding hydrogens is 167 g/mol. The highest BCUT2D eigenvalue weighted by molar-refractivity contribution is 7.98. The molecule has 0 amide bonds. The van der Waals surface area contributed by atoms with Gasteiger partial charge in [-0.1, -0.05) is 6.07 Å². The Morgan fingerprint density at radius 3 is 2.64 bits per heavy atom. The van der Waals surface area contributed by atoms with Crippen LogP contribution in [-0.2, 0) is 9.71 Å². The van der Waals surface area contributed by atoms with Crippen molar-refractivity contribution in [3.8, 4) is 0 Å². The molecule has 1 atom stereocenters. The predicted octanol–water partition coefficient (Wildman–Crippen LogP) is 0.170. The summed E-state index contributed by atoms with van der Waals surface area (Å²) in [5.74, 6) is 2.45. The van der Waals surface area contributed by atoms with E-state index in [2.05, 4.69) is 10.9 Å². The second-order valence-electron chi connectivity index (χ2n) is 2.02. The first-order valence-electron chi connectivity index (χ1n) is 2.78. The van der Waals surface area contributed by atoms with Crippen LogP contribution >= 0.6 is 0 Å². The fourth-order valence-electron chi connectivity index (χ4n) is 0.582. The van der Waals surface area contributed by atoms with Crippen LogP contribution in [0, 0.1) is 5.95 Å². The van der Waals surface area contributed by atoms with Gasteiger partial charge in [0.2, 0.25) is 5.95 Å². The Balaban J connectivity index is 3.28. The summed E-state index contributed by atoms with van der Waals surface area (Å²) in [6.07, 6.45) is 0. The molecule has 0 fully saturated rings. The maximum Gasteiger partial charge on any atom is 0.213 e. The minimum absolute atomic E-state index is 0.0162. The highest BCUT2D eigenvalue weighted by Gasteiger charge is 2.02. The Bertz CT molecular complexity index is 361. The molecule has 60 valence electrons. The molecule has 1 aromatic heterocycles. The van der Waals surface area contributed by atoms with E-state index < -0.39 is 15.7 Å². The van der Waals surface area contributed by atoms with Gasteiger partial charge in [-0.25, -0.2) is 9.19 Å². The van der Waals surface area contributed by atoms with E-state index in [0.29, 0.717) is 0 Å². The first-order valence-corrected chi connectivity index (χ1v) is 4.57. The van der Waals surface area contributed by atoms with Gasteiger partial charge in [-0.15, -0.1) is 0 Å². The first-order chi connectivity index (χ1) is 5.00. The Morgan fingerprint density at radius 2 is 2.27 bits per heavy atom. The van der Waals surface area contributed by atoms with E-state index in [0.717, 1.165) is 6.07 Å². The van der Waals surface area contributed by atoms with Gasteiger partial charge in [-0.3, -0.25) is 5.14 Å². The summed E-state index contributed by atoms with van der Waals surface area (Å²) < 4.78 is 23.4. The lowest BCUT2D eigenvalue weighted by molar-refractivity contribution is 0.569. The normalized spacial score (nSPS) is 15.8. The summed E-state index contributed by atoms with van der Waals surface area (Å²) in [5.41, 5.74) is 0. The van der Waals surface area contributed by atoms with Crippen LogP contribution in [-0.4, -0.2) is 15.1 Å². The van der Waals surface area contributed by atoms with Crippen LogP contribution in [0.1, 0.15) is 0 Å². The van der Waals surface area contributed by atoms with Crippen LogP contribution in [0.4, 0.5) is 4.39 Å². The van der Waals surface area contributed by atoms with Crippen molar-refractivity contribution in [1.29, 1.82) is 0 Å². The fraction of sp³-hybridized carbons (Fsp3) is 0. The average Bonchev–Trinajstić information content (AvgIpc) is 1.86. The molecule has 0 saturated heterocycles. The van der Waals surface area contributed by atoms with Gasteiger partial charge in [0.25, 0.3) is 0 Å². The molecule has 0 saturated carbocycles. The van der Waals surface area contributed by atoms with Crippen LogP contribution < -0.4 is 5.14 Å². The Hall–Kier alpha value is -0.940. The van der Waals surface area contributed by atoms with Gasteiger partial charge < -0.3 is 0 Å². The standard InChI is InChI=1S/C6H7FN2OS/c1-11(8,10)6-4-2-3-5(7)9-6/h2-4H,1H2,(H2,8,10). The number of aromatic nitrogens is 1. The summed E-state index contributed by atoms with van der Waals surface area (Å²) in [7, 11) is -2.88. The van der Waals surface area contributed by atoms with Crippen molar-refractivity contribution in [2.24, 2.45) is 5.14 Å². The lowest BCUT2D eigenvalue weighted by Gasteiger charge is -1.99. The molecule has 1 unspecified atom stereocenters. The predicted molar refractivity (Wildman–Crippen MR) is 41.9 cm³/mol. The first kappa shape index (κ1) is 8.16. The van der Waals surface area contributed by atoms with Gasteiger partial charge in [0.1, 0.15) is 5.03 Å². The van der Waals surface area contributed by atoms with Crippen LogP contribution in [0.5, 0.6) is 0 Å². The van der Waals surface area contributed by atoms with E-state index in [9.17, 15) is 8.60 Å². The van der Waals surface area contributed by atoms with Crippen molar-refractivity contribution in [3.63, 3.8) is 0 Å². The Labute approximate surface area is 64.2 Å². The van der Waals surface area contributed by atoms with Crippen LogP contribution in [0.25, 0.3) is 0 Å². The zero-order chi connectivity index (χ0) is 8.48. The largest absolute Gasteiger partial charge is 0.254 e. The molecule has 0 spiro atoms. The van der Waals surface area contributed by atoms with Crippen molar-refractivity contribution in [3.05, 3.63) is 24.1 Å². The minimum Gasteiger partial charge on any atom is -0.254 e. The van der Waals surface area contributed by atoms with E-state index >= 15 is 0 Å². The molecule has 5 heteroatoms. The summed E-state index contributed by atoms with van der Waals surface area (Å²) in [5, 5.41) is 5.10. The second kappa shape index (κ2) is 2.60. The summed E-state index contributed by atoms with van der Waals surface area (Å²) in [4.78, 5) is 3.31. The number of rotatable bonds is 1. The highest BCUT2D eigenvalue weighted by Crippen LogP contribution is 2.02. The maximum absolute atomic E-state index is 12.4. The van der Waals surface area contributed by atoms with E-state index in [-0.39, 0.29) is 5.03 Å². The lowest BCUT2D eigenvalue weighted by atomic mass is 10.5. The van der Waals surface area contributed by atoms with Gasteiger partial charge in [-0.2, -0.15) is 4.39 Å². The summed E-state index contributed by atoms with van der Waals surface area (Å²) in [6.45, 7) is 0. The van der Waals surface area contributed by atoms with Crippen LogP contribution in [0.3, 0.4) is 0 Å². The summed E-state index contributed by atoms with van der Waals surface area (Å²) >= 11 is 0. The molecule has 0 bridgehead atoms. The monoisotopic (exact) mass is 174 g/mol. The summed E-state index contributed by atoms with van der Waals surface area (Å²) in [6, 6.07) is 3.91. The van der Waals surface area contributed by atoms with Crippen molar-refractivity contribution in [1.82, 2.24) is 4.98 Å². The van der Waals surface area contributed by atoms with Crippen molar-refractivity contribution in [2.45, 2.75) is 5.03 Å². The topological polar surface area (TPSA) is 56.0 Å². The molecule has 3 nitrogen and oxygen atoms in total. The fourth-order valence-corrected chi connectivity index (χ4v) is 1.13. The van der Waals surface area contributed by atoms with Gasteiger partial charge >= 0.3 is 0 Å². The van der Waals surface area contributed by atoms with Crippen molar-refractivity contribution >= 4 is 15.6 Å². The van der Waals surface area contributed by atoms with E-state index in [4.69, 9.17) is 5.14 Å². The van der Waals surface area contributed by atoms with Gasteiger partial charge in [0.15, 0.2) is 0 Å². The Kier molecular flexibility index (Phi) is 1.92. The molecule has 1 rings (SSSR count). The number of nitrogens with two attached hydrogens (primary N) is 1. The number of pyridine rings is 1.